The predicted molar refractivity (Wildman–Crippen MR) is 55.0 cm³/mol. The van der Waals surface area contributed by atoms with Gasteiger partial charge in [-0.1, -0.05) is 12.8 Å². The molecular formula is C11H14ClN. The molecule has 1 heterocycles. The molecule has 0 amide bonds. The van der Waals surface area contributed by atoms with Crippen LogP contribution in [0.1, 0.15) is 42.9 Å². The van der Waals surface area contributed by atoms with E-state index in [2.05, 4.69) is 17.1 Å². The minimum absolute atomic E-state index is 0.528. The molecule has 0 spiro atoms. The minimum atomic E-state index is 0.528. The molecular weight excluding hydrogens is 182 g/mol. The zero-order chi connectivity index (χ0) is 9.10. The van der Waals surface area contributed by atoms with Gasteiger partial charge in [0.25, 0.3) is 0 Å². The Balaban J connectivity index is 2.18. The fourth-order valence-corrected chi connectivity index (χ4v) is 2.23. The molecule has 0 N–H and O–H groups in total. The van der Waals surface area contributed by atoms with Crippen LogP contribution in [0.4, 0.5) is 0 Å². The summed E-state index contributed by atoms with van der Waals surface area (Å²) in [6, 6.07) is 4.29. The molecule has 2 heteroatoms. The quantitative estimate of drug-likeness (QED) is 0.659. The lowest BCUT2D eigenvalue weighted by molar-refractivity contribution is 0.720. The van der Waals surface area contributed by atoms with Crippen molar-refractivity contribution in [3.8, 4) is 0 Å². The first kappa shape index (κ1) is 9.01. The third-order valence-electron chi connectivity index (χ3n) is 2.80. The zero-order valence-corrected chi connectivity index (χ0v) is 8.43. The fraction of sp³-hybridized carbons (Fsp3) is 0.545. The lowest BCUT2D eigenvalue weighted by Gasteiger charge is -2.09. The van der Waals surface area contributed by atoms with Crippen molar-refractivity contribution in [2.45, 2.75) is 37.5 Å². The van der Waals surface area contributed by atoms with E-state index >= 15 is 0 Å². The lowest BCUT2D eigenvalue weighted by Crippen LogP contribution is -1.94. The van der Waals surface area contributed by atoms with Crippen LogP contribution in [0.15, 0.2) is 18.3 Å². The Bertz CT molecular complexity index is 279. The molecule has 1 fully saturated rings. The molecule has 0 aliphatic heterocycles. The average Bonchev–Trinajstić information content (AvgIpc) is 2.71. The first-order chi connectivity index (χ1) is 6.40. The molecule has 1 aromatic heterocycles. The highest BCUT2D eigenvalue weighted by Crippen LogP contribution is 2.33. The highest BCUT2D eigenvalue weighted by molar-refractivity contribution is 6.16. The molecule has 13 heavy (non-hydrogen) atoms. The van der Waals surface area contributed by atoms with Crippen LogP contribution in [0.5, 0.6) is 0 Å². The summed E-state index contributed by atoms with van der Waals surface area (Å²) < 4.78 is 0. The van der Waals surface area contributed by atoms with E-state index in [1.807, 2.05) is 6.20 Å². The molecule has 0 bridgehead atoms. The number of pyridine rings is 1. The van der Waals surface area contributed by atoms with Crippen LogP contribution in [-0.2, 0) is 5.88 Å². The maximum atomic E-state index is 5.74. The number of hydrogen-bond donors (Lipinski definition) is 0. The number of aromatic nitrogens is 1. The SMILES string of the molecule is ClCc1cc(C2CCCC2)ccn1. The van der Waals surface area contributed by atoms with Gasteiger partial charge in [0.1, 0.15) is 0 Å². The first-order valence-electron chi connectivity index (χ1n) is 4.91. The van der Waals surface area contributed by atoms with Crippen LogP contribution < -0.4 is 0 Å². The molecule has 1 aliphatic carbocycles. The van der Waals surface area contributed by atoms with Gasteiger partial charge in [0, 0.05) is 6.20 Å². The third-order valence-corrected chi connectivity index (χ3v) is 3.08. The minimum Gasteiger partial charge on any atom is -0.260 e. The summed E-state index contributed by atoms with van der Waals surface area (Å²) >= 11 is 5.74. The van der Waals surface area contributed by atoms with E-state index in [9.17, 15) is 0 Å². The number of rotatable bonds is 2. The summed E-state index contributed by atoms with van der Waals surface area (Å²) in [6.45, 7) is 0. The van der Waals surface area contributed by atoms with Gasteiger partial charge in [-0.05, 0) is 36.5 Å². The van der Waals surface area contributed by atoms with Crippen LogP contribution in [0.3, 0.4) is 0 Å². The summed E-state index contributed by atoms with van der Waals surface area (Å²) in [5.74, 6) is 1.30. The van der Waals surface area contributed by atoms with Crippen LogP contribution >= 0.6 is 11.6 Å². The van der Waals surface area contributed by atoms with Gasteiger partial charge in [-0.2, -0.15) is 0 Å². The summed E-state index contributed by atoms with van der Waals surface area (Å²) in [6.07, 6.45) is 7.31. The summed E-state index contributed by atoms with van der Waals surface area (Å²) in [7, 11) is 0. The maximum absolute atomic E-state index is 5.74. The number of nitrogens with zero attached hydrogens (tertiary/aromatic N) is 1. The standard InChI is InChI=1S/C11H14ClN/c12-8-11-7-10(5-6-13-11)9-3-1-2-4-9/h5-7,9H,1-4,8H2. The van der Waals surface area contributed by atoms with E-state index in [4.69, 9.17) is 11.6 Å². The predicted octanol–water partition coefficient (Wildman–Crippen LogP) is 3.48. The highest BCUT2D eigenvalue weighted by Gasteiger charge is 2.16. The van der Waals surface area contributed by atoms with Crippen molar-refractivity contribution in [2.24, 2.45) is 0 Å². The summed E-state index contributed by atoms with van der Waals surface area (Å²) in [4.78, 5) is 4.20. The molecule has 0 saturated heterocycles. The molecule has 1 nitrogen and oxygen atoms in total. The Labute approximate surface area is 84.1 Å². The largest absolute Gasteiger partial charge is 0.260 e. The fourth-order valence-electron chi connectivity index (χ4n) is 2.08. The van der Waals surface area contributed by atoms with Gasteiger partial charge >= 0.3 is 0 Å². The normalized spacial score (nSPS) is 17.9. The van der Waals surface area contributed by atoms with E-state index in [1.165, 1.54) is 31.2 Å². The van der Waals surface area contributed by atoms with Gasteiger partial charge in [-0.25, -0.2) is 0 Å². The van der Waals surface area contributed by atoms with Gasteiger partial charge in [0.2, 0.25) is 0 Å². The first-order valence-corrected chi connectivity index (χ1v) is 5.44. The number of alkyl halides is 1. The van der Waals surface area contributed by atoms with Crippen molar-refractivity contribution in [3.63, 3.8) is 0 Å². The van der Waals surface area contributed by atoms with Crippen molar-refractivity contribution in [1.29, 1.82) is 0 Å². The van der Waals surface area contributed by atoms with E-state index in [0.29, 0.717) is 5.88 Å². The van der Waals surface area contributed by atoms with Gasteiger partial charge in [0.05, 0.1) is 11.6 Å². The average molecular weight is 196 g/mol. The van der Waals surface area contributed by atoms with Gasteiger partial charge in [-0.15, -0.1) is 11.6 Å². The van der Waals surface area contributed by atoms with Crippen molar-refractivity contribution < 1.29 is 0 Å². The number of hydrogen-bond acceptors (Lipinski definition) is 1. The van der Waals surface area contributed by atoms with Crippen molar-refractivity contribution in [3.05, 3.63) is 29.6 Å². The second-order valence-corrected chi connectivity index (χ2v) is 3.96. The van der Waals surface area contributed by atoms with Crippen LogP contribution in [0.25, 0.3) is 0 Å². The van der Waals surface area contributed by atoms with Gasteiger partial charge < -0.3 is 0 Å². The van der Waals surface area contributed by atoms with Crippen LogP contribution in [0, 0.1) is 0 Å². The molecule has 2 rings (SSSR count). The highest BCUT2D eigenvalue weighted by atomic mass is 35.5. The van der Waals surface area contributed by atoms with Gasteiger partial charge in [-0.3, -0.25) is 4.98 Å². The zero-order valence-electron chi connectivity index (χ0n) is 7.67. The third kappa shape index (κ3) is 2.02. The Hall–Kier alpha value is -0.560. The van der Waals surface area contributed by atoms with Crippen LogP contribution in [-0.4, -0.2) is 4.98 Å². The smallest absolute Gasteiger partial charge is 0.0647 e. The Kier molecular flexibility index (Phi) is 2.84. The molecule has 0 unspecified atom stereocenters. The van der Waals surface area contributed by atoms with Gasteiger partial charge in [0.15, 0.2) is 0 Å². The van der Waals surface area contributed by atoms with E-state index < -0.39 is 0 Å². The topological polar surface area (TPSA) is 12.9 Å². The lowest BCUT2D eigenvalue weighted by atomic mass is 9.98. The second kappa shape index (κ2) is 4.10. The molecule has 70 valence electrons. The molecule has 0 radical (unpaired) electrons. The van der Waals surface area contributed by atoms with Crippen molar-refractivity contribution in [1.82, 2.24) is 4.98 Å². The Morgan fingerprint density at radius 3 is 2.85 bits per heavy atom. The molecule has 1 aliphatic rings. The van der Waals surface area contributed by atoms with Crippen molar-refractivity contribution >= 4 is 11.6 Å². The molecule has 0 atom stereocenters. The molecule has 0 aromatic carbocycles. The summed E-state index contributed by atoms with van der Waals surface area (Å²) in [5, 5.41) is 0. The van der Waals surface area contributed by atoms with E-state index in [-0.39, 0.29) is 0 Å². The maximum Gasteiger partial charge on any atom is 0.0647 e. The van der Waals surface area contributed by atoms with E-state index in [0.717, 1.165) is 11.6 Å². The van der Waals surface area contributed by atoms with Crippen molar-refractivity contribution in [2.75, 3.05) is 0 Å². The van der Waals surface area contributed by atoms with E-state index in [1.54, 1.807) is 0 Å². The van der Waals surface area contributed by atoms with Crippen LogP contribution in [0.2, 0.25) is 0 Å². The second-order valence-electron chi connectivity index (χ2n) is 3.70. The summed E-state index contributed by atoms with van der Waals surface area (Å²) in [5.41, 5.74) is 2.44. The molecule has 1 saturated carbocycles. The Morgan fingerprint density at radius 1 is 1.38 bits per heavy atom. The molecule has 1 aromatic rings. The number of halogens is 1. The monoisotopic (exact) mass is 195 g/mol. The Morgan fingerprint density at radius 2 is 2.15 bits per heavy atom.